The lowest BCUT2D eigenvalue weighted by molar-refractivity contribution is -0.138. The minimum atomic E-state index is -1.04. The normalized spacial score (nSPS) is 12.3. The first kappa shape index (κ1) is 21.7. The smallest absolute Gasteiger partial charge is 0.393 e. The van der Waals surface area contributed by atoms with Gasteiger partial charge in [0.2, 0.25) is 0 Å². The predicted octanol–water partition coefficient (Wildman–Crippen LogP) is 1.77. The summed E-state index contributed by atoms with van der Waals surface area (Å²) in [5, 5.41) is 12.5. The molecule has 0 saturated heterocycles. The van der Waals surface area contributed by atoms with E-state index in [9.17, 15) is 14.4 Å². The number of unbranched alkanes of at least 4 members (excludes halogenated alkanes) is 1. The van der Waals surface area contributed by atoms with Crippen molar-refractivity contribution in [2.24, 2.45) is 10.9 Å². The van der Waals surface area contributed by atoms with Crippen molar-refractivity contribution in [3.63, 3.8) is 0 Å². The summed E-state index contributed by atoms with van der Waals surface area (Å²) >= 11 is 1.80. The summed E-state index contributed by atoms with van der Waals surface area (Å²) in [5.41, 5.74) is 5.40. The molecule has 0 rings (SSSR count). The number of hydroxylamine groups is 2. The lowest BCUT2D eigenvalue weighted by Gasteiger charge is -2.18. The first-order valence-electron chi connectivity index (χ1n) is 6.66. The van der Waals surface area contributed by atoms with E-state index in [0.717, 1.165) is 23.5 Å². The van der Waals surface area contributed by atoms with Gasteiger partial charge in [0.25, 0.3) is 0 Å². The second-order valence-corrected chi connectivity index (χ2v) is 5.69. The zero-order chi connectivity index (χ0) is 17.7. The summed E-state index contributed by atoms with van der Waals surface area (Å²) in [6.07, 6.45) is 5.93. The first-order chi connectivity index (χ1) is 10.9. The Hall–Kier alpha value is -1.30. The molecule has 0 radical (unpaired) electrons. The van der Waals surface area contributed by atoms with Gasteiger partial charge in [0.05, 0.1) is 12.8 Å². The molecule has 3 N–H and O–H groups in total. The Kier molecular flexibility index (Phi) is 12.4. The third-order valence-electron chi connectivity index (χ3n) is 2.51. The highest BCUT2D eigenvalue weighted by Gasteiger charge is 2.13. The summed E-state index contributed by atoms with van der Waals surface area (Å²) in [7, 11) is 0. The van der Waals surface area contributed by atoms with Crippen molar-refractivity contribution in [1.82, 2.24) is 5.06 Å². The summed E-state index contributed by atoms with van der Waals surface area (Å²) < 4.78 is 0. The Morgan fingerprint density at radius 2 is 1.91 bits per heavy atom. The van der Waals surface area contributed by atoms with E-state index in [-0.39, 0.29) is 6.54 Å². The van der Waals surface area contributed by atoms with E-state index in [1.165, 1.54) is 11.3 Å². The predicted molar refractivity (Wildman–Crippen MR) is 89.5 cm³/mol. The third kappa shape index (κ3) is 11.9. The molecule has 0 aliphatic heterocycles. The van der Waals surface area contributed by atoms with Crippen LogP contribution < -0.4 is 5.73 Å². The fraction of sp³-hybridized carbons (Fsp3) is 0.667. The summed E-state index contributed by atoms with van der Waals surface area (Å²) in [6, 6.07) is -0.898. The van der Waals surface area contributed by atoms with E-state index in [1.54, 1.807) is 12.5 Å². The molecule has 9 nitrogen and oxygen atoms in total. The molecule has 0 fully saturated rings. The van der Waals surface area contributed by atoms with E-state index >= 15 is 0 Å². The van der Waals surface area contributed by atoms with Crippen LogP contribution in [0.25, 0.3) is 0 Å². The number of carboxylic acids is 1. The highest BCUT2D eigenvalue weighted by atomic mass is 32.2. The maximum Gasteiger partial charge on any atom is 0.393 e. The fourth-order valence-electron chi connectivity index (χ4n) is 1.33. The maximum absolute atomic E-state index is 11.3. The molecule has 0 saturated carbocycles. The van der Waals surface area contributed by atoms with Crippen molar-refractivity contribution in [1.29, 1.82) is 0 Å². The van der Waals surface area contributed by atoms with E-state index in [1.807, 2.05) is 0 Å². The van der Waals surface area contributed by atoms with Gasteiger partial charge in [-0.25, -0.2) is 9.59 Å². The largest absolute Gasteiger partial charge is 0.480 e. The average Bonchev–Trinajstić information content (AvgIpc) is 2.53. The summed E-state index contributed by atoms with van der Waals surface area (Å²) in [5.74, 6) is -1.04. The highest BCUT2D eigenvalue weighted by molar-refractivity contribution is 8.12. The topological polar surface area (TPSA) is 132 Å². The fourth-order valence-corrected chi connectivity index (χ4v) is 1.63. The number of aliphatic carboxylic acids is 1. The molecule has 0 amide bonds. The van der Waals surface area contributed by atoms with Gasteiger partial charge in [-0.15, -0.1) is 5.06 Å². The van der Waals surface area contributed by atoms with Crippen LogP contribution in [0.1, 0.15) is 19.3 Å². The van der Waals surface area contributed by atoms with Crippen LogP contribution in [0.5, 0.6) is 0 Å². The number of carbonyl (C=O) groups excluding carboxylic acids is 2. The van der Waals surface area contributed by atoms with Gasteiger partial charge < -0.3 is 20.5 Å². The number of carboxylic acid groups (broad SMARTS) is 1. The van der Waals surface area contributed by atoms with Gasteiger partial charge in [-0.05, 0) is 55.3 Å². The Bertz CT molecular complexity index is 422. The number of rotatable bonds is 10. The van der Waals surface area contributed by atoms with Crippen molar-refractivity contribution in [3.05, 3.63) is 0 Å². The van der Waals surface area contributed by atoms with Gasteiger partial charge in [-0.2, -0.15) is 0 Å². The monoisotopic (exact) mass is 367 g/mol. The molecule has 0 heterocycles. The lowest BCUT2D eigenvalue weighted by Crippen LogP contribution is -2.31. The molecule has 0 bridgehead atoms. The average molecular weight is 367 g/mol. The Morgan fingerprint density at radius 1 is 1.26 bits per heavy atom. The standard InChI is InChI=1S/C12H21N3O6S2/c1-22-11(18)20-14-6-8-15(21-12(19)23-2)7-4-3-5-9(13)10(16)17/h6,9H,3-5,7-8,13H2,1-2H3,(H,16,17)/t9-/m0/s1. The van der Waals surface area contributed by atoms with Crippen LogP contribution in [-0.4, -0.2) is 64.6 Å². The molecule has 0 spiro atoms. The Labute approximate surface area is 142 Å². The van der Waals surface area contributed by atoms with Crippen LogP contribution in [0.2, 0.25) is 0 Å². The van der Waals surface area contributed by atoms with Gasteiger partial charge >= 0.3 is 16.6 Å². The van der Waals surface area contributed by atoms with Gasteiger partial charge in [0, 0.05) is 6.54 Å². The zero-order valence-corrected chi connectivity index (χ0v) is 14.6. The molecule has 0 unspecified atom stereocenters. The molecule has 0 aromatic rings. The number of oxime groups is 1. The molecule has 0 aromatic carbocycles. The number of thioether (sulfide) groups is 2. The van der Waals surface area contributed by atoms with Gasteiger partial charge in [-0.1, -0.05) is 5.16 Å². The van der Waals surface area contributed by atoms with Crippen LogP contribution in [0, 0.1) is 0 Å². The molecule has 23 heavy (non-hydrogen) atoms. The Balaban J connectivity index is 4.21. The van der Waals surface area contributed by atoms with Gasteiger partial charge in [0.1, 0.15) is 6.04 Å². The van der Waals surface area contributed by atoms with E-state index in [0.29, 0.717) is 25.8 Å². The maximum atomic E-state index is 11.3. The van der Waals surface area contributed by atoms with Crippen molar-refractivity contribution in [2.45, 2.75) is 25.3 Å². The molecule has 11 heteroatoms. The number of nitrogens with zero attached hydrogens (tertiary/aromatic N) is 2. The van der Waals surface area contributed by atoms with Crippen molar-refractivity contribution >= 4 is 46.3 Å². The van der Waals surface area contributed by atoms with Crippen molar-refractivity contribution in [2.75, 3.05) is 25.6 Å². The van der Waals surface area contributed by atoms with Crippen molar-refractivity contribution < 1.29 is 29.2 Å². The van der Waals surface area contributed by atoms with Gasteiger partial charge in [0.15, 0.2) is 0 Å². The van der Waals surface area contributed by atoms with Crippen LogP contribution >= 0.6 is 23.5 Å². The van der Waals surface area contributed by atoms with Crippen LogP contribution in [0.3, 0.4) is 0 Å². The quantitative estimate of drug-likeness (QED) is 0.255. The second-order valence-electron chi connectivity index (χ2n) is 4.21. The first-order valence-corrected chi connectivity index (χ1v) is 9.11. The van der Waals surface area contributed by atoms with Gasteiger partial charge in [-0.3, -0.25) is 4.79 Å². The molecule has 1 atom stereocenters. The zero-order valence-electron chi connectivity index (χ0n) is 13.0. The number of nitrogens with two attached hydrogens (primary N) is 1. The SMILES string of the molecule is CSC(=O)ON=CCN(CCCC[C@H](N)C(=O)O)OC(=O)SC. The molecule has 132 valence electrons. The number of hydrogen-bond acceptors (Lipinski definition) is 10. The minimum Gasteiger partial charge on any atom is -0.480 e. The Morgan fingerprint density at radius 3 is 2.48 bits per heavy atom. The number of hydrogen-bond donors (Lipinski definition) is 2. The summed E-state index contributed by atoms with van der Waals surface area (Å²) in [6.45, 7) is 0.514. The molecule has 0 aromatic heterocycles. The molecule has 0 aliphatic carbocycles. The van der Waals surface area contributed by atoms with Crippen LogP contribution in [0.4, 0.5) is 9.59 Å². The highest BCUT2D eigenvalue weighted by Crippen LogP contribution is 2.06. The second kappa shape index (κ2) is 13.2. The lowest BCUT2D eigenvalue weighted by atomic mass is 10.1. The third-order valence-corrected chi connectivity index (χ3v) is 3.33. The molecular formula is C12H21N3O6S2. The van der Waals surface area contributed by atoms with E-state index in [4.69, 9.17) is 15.7 Å². The van der Waals surface area contributed by atoms with Crippen LogP contribution in [-0.2, 0) is 14.5 Å². The molecular weight excluding hydrogens is 346 g/mol. The minimum absolute atomic E-state index is 0.138. The molecule has 0 aliphatic rings. The van der Waals surface area contributed by atoms with Crippen LogP contribution in [0.15, 0.2) is 5.16 Å². The number of carbonyl (C=O) groups is 3. The van der Waals surface area contributed by atoms with E-state index in [2.05, 4.69) is 9.99 Å². The summed E-state index contributed by atoms with van der Waals surface area (Å²) in [4.78, 5) is 42.3. The van der Waals surface area contributed by atoms with E-state index < -0.39 is 22.6 Å². The van der Waals surface area contributed by atoms with Crippen molar-refractivity contribution in [3.8, 4) is 0 Å².